The third kappa shape index (κ3) is 4.59. The molecule has 5 heteroatoms. The summed E-state index contributed by atoms with van der Waals surface area (Å²) in [5.41, 5.74) is 1.02. The Labute approximate surface area is 121 Å². The van der Waals surface area contributed by atoms with Crippen LogP contribution >= 0.6 is 27.5 Å². The van der Waals surface area contributed by atoms with Gasteiger partial charge in [-0.1, -0.05) is 27.5 Å². The number of aliphatic hydroxyl groups excluding tert-OH is 1. The molecule has 0 spiro atoms. The van der Waals surface area contributed by atoms with E-state index in [1.165, 1.54) is 0 Å². The van der Waals surface area contributed by atoms with E-state index in [2.05, 4.69) is 15.9 Å². The predicted molar refractivity (Wildman–Crippen MR) is 76.8 cm³/mol. The van der Waals surface area contributed by atoms with Crippen LogP contribution in [0.25, 0.3) is 0 Å². The summed E-state index contributed by atoms with van der Waals surface area (Å²) in [6, 6.07) is 5.55. The molecule has 0 saturated carbocycles. The van der Waals surface area contributed by atoms with E-state index in [0.717, 1.165) is 10.0 Å². The number of rotatable bonds is 6. The van der Waals surface area contributed by atoms with Gasteiger partial charge in [-0.2, -0.15) is 0 Å². The largest absolute Gasteiger partial charge is 0.395 e. The molecule has 0 aromatic heterocycles. The monoisotopic (exact) mass is 333 g/mol. The molecule has 100 valence electrons. The topological polar surface area (TPSA) is 40.5 Å². The zero-order valence-corrected chi connectivity index (χ0v) is 12.7. The highest BCUT2D eigenvalue weighted by atomic mass is 79.9. The summed E-state index contributed by atoms with van der Waals surface area (Å²) in [4.78, 5) is 13.6. The average molecular weight is 335 g/mol. The number of hydrogen-bond acceptors (Lipinski definition) is 2. The van der Waals surface area contributed by atoms with Gasteiger partial charge in [0.1, 0.15) is 0 Å². The van der Waals surface area contributed by atoms with Gasteiger partial charge in [-0.25, -0.2) is 0 Å². The summed E-state index contributed by atoms with van der Waals surface area (Å²) in [5, 5.41) is 9.53. The van der Waals surface area contributed by atoms with Crippen molar-refractivity contribution in [3.8, 4) is 0 Å². The SMILES string of the molecule is CCN(CCO)C(=O)CCc1cc(Cl)ccc1Br. The van der Waals surface area contributed by atoms with Crippen molar-refractivity contribution in [3.63, 3.8) is 0 Å². The van der Waals surface area contributed by atoms with Crippen LogP contribution in [0.2, 0.25) is 5.02 Å². The molecule has 1 aromatic rings. The molecule has 0 aliphatic heterocycles. The minimum Gasteiger partial charge on any atom is -0.395 e. The zero-order valence-electron chi connectivity index (χ0n) is 10.3. The average Bonchev–Trinajstić information content (AvgIpc) is 2.36. The number of carbonyl (C=O) groups is 1. The minimum atomic E-state index is 0.000436. The van der Waals surface area contributed by atoms with Crippen LogP contribution < -0.4 is 0 Å². The molecule has 0 fully saturated rings. The first kappa shape index (κ1) is 15.5. The van der Waals surface area contributed by atoms with Gasteiger partial charge >= 0.3 is 0 Å². The second kappa shape index (κ2) is 7.77. The molecule has 0 atom stereocenters. The Morgan fingerprint density at radius 3 is 2.83 bits per heavy atom. The molecule has 0 aliphatic rings. The maximum absolute atomic E-state index is 11.9. The standard InChI is InChI=1S/C13H17BrClNO2/c1-2-16(7-8-17)13(18)6-3-10-9-11(15)4-5-12(10)14/h4-5,9,17H,2-3,6-8H2,1H3. The van der Waals surface area contributed by atoms with Crippen LogP contribution in [0.5, 0.6) is 0 Å². The number of halogens is 2. The Kier molecular flexibility index (Phi) is 6.68. The van der Waals surface area contributed by atoms with Gasteiger partial charge in [0.15, 0.2) is 0 Å². The van der Waals surface area contributed by atoms with Crippen molar-refractivity contribution in [2.24, 2.45) is 0 Å². The van der Waals surface area contributed by atoms with Crippen molar-refractivity contribution in [3.05, 3.63) is 33.3 Å². The fourth-order valence-electron chi connectivity index (χ4n) is 1.71. The number of amides is 1. The molecule has 0 bridgehead atoms. The van der Waals surface area contributed by atoms with Crippen molar-refractivity contribution in [1.82, 2.24) is 4.90 Å². The predicted octanol–water partition coefficient (Wildman–Crippen LogP) is 2.88. The Morgan fingerprint density at radius 1 is 1.50 bits per heavy atom. The maximum atomic E-state index is 11.9. The van der Waals surface area contributed by atoms with Gasteiger partial charge in [-0.3, -0.25) is 4.79 Å². The number of carbonyl (C=O) groups excluding carboxylic acids is 1. The summed E-state index contributed by atoms with van der Waals surface area (Å²) in [6.45, 7) is 2.92. The van der Waals surface area contributed by atoms with E-state index in [1.807, 2.05) is 19.1 Å². The molecule has 0 unspecified atom stereocenters. The van der Waals surface area contributed by atoms with Gasteiger partial charge in [0, 0.05) is 29.0 Å². The van der Waals surface area contributed by atoms with E-state index in [-0.39, 0.29) is 12.5 Å². The quantitative estimate of drug-likeness (QED) is 0.869. The zero-order chi connectivity index (χ0) is 13.5. The van der Waals surface area contributed by atoms with E-state index in [0.29, 0.717) is 31.0 Å². The molecule has 1 rings (SSSR count). The van der Waals surface area contributed by atoms with Gasteiger partial charge in [0.05, 0.1) is 6.61 Å². The molecule has 3 nitrogen and oxygen atoms in total. The lowest BCUT2D eigenvalue weighted by Gasteiger charge is -2.19. The van der Waals surface area contributed by atoms with E-state index in [9.17, 15) is 4.79 Å². The van der Waals surface area contributed by atoms with Crippen molar-refractivity contribution >= 4 is 33.4 Å². The third-order valence-corrected chi connectivity index (χ3v) is 3.73. The van der Waals surface area contributed by atoms with Crippen LogP contribution in [0.4, 0.5) is 0 Å². The summed E-state index contributed by atoms with van der Waals surface area (Å²) >= 11 is 9.36. The highest BCUT2D eigenvalue weighted by Crippen LogP contribution is 2.22. The highest BCUT2D eigenvalue weighted by molar-refractivity contribution is 9.10. The van der Waals surface area contributed by atoms with Crippen LogP contribution in [-0.2, 0) is 11.2 Å². The molecule has 1 amide bonds. The van der Waals surface area contributed by atoms with Gasteiger partial charge in [-0.05, 0) is 37.1 Å². The molecule has 1 aromatic carbocycles. The van der Waals surface area contributed by atoms with Crippen LogP contribution in [0, 0.1) is 0 Å². The minimum absolute atomic E-state index is 0.000436. The van der Waals surface area contributed by atoms with E-state index in [4.69, 9.17) is 16.7 Å². The van der Waals surface area contributed by atoms with Gasteiger partial charge in [0.25, 0.3) is 0 Å². The maximum Gasteiger partial charge on any atom is 0.222 e. The van der Waals surface area contributed by atoms with Crippen LogP contribution in [0.1, 0.15) is 18.9 Å². The van der Waals surface area contributed by atoms with Gasteiger partial charge in [0.2, 0.25) is 5.91 Å². The highest BCUT2D eigenvalue weighted by Gasteiger charge is 2.11. The lowest BCUT2D eigenvalue weighted by molar-refractivity contribution is -0.131. The number of aryl methyl sites for hydroxylation is 1. The molecule has 0 aliphatic carbocycles. The second-order valence-corrected chi connectivity index (χ2v) is 5.22. The normalized spacial score (nSPS) is 10.4. The van der Waals surface area contributed by atoms with Crippen molar-refractivity contribution in [2.45, 2.75) is 19.8 Å². The first-order valence-corrected chi connectivity index (χ1v) is 7.08. The molecule has 0 heterocycles. The first-order chi connectivity index (χ1) is 8.58. The number of nitrogens with zero attached hydrogens (tertiary/aromatic N) is 1. The smallest absolute Gasteiger partial charge is 0.222 e. The lowest BCUT2D eigenvalue weighted by atomic mass is 10.1. The summed E-state index contributed by atoms with van der Waals surface area (Å²) in [7, 11) is 0. The van der Waals surface area contributed by atoms with Crippen LogP contribution in [-0.4, -0.2) is 35.6 Å². The molecular formula is C13H17BrClNO2. The lowest BCUT2D eigenvalue weighted by Crippen LogP contribution is -2.33. The van der Waals surface area contributed by atoms with E-state index >= 15 is 0 Å². The fourth-order valence-corrected chi connectivity index (χ4v) is 2.35. The third-order valence-electron chi connectivity index (χ3n) is 2.72. The molecular weight excluding hydrogens is 318 g/mol. The number of aliphatic hydroxyl groups is 1. The van der Waals surface area contributed by atoms with Gasteiger partial charge in [-0.15, -0.1) is 0 Å². The second-order valence-electron chi connectivity index (χ2n) is 3.93. The van der Waals surface area contributed by atoms with E-state index < -0.39 is 0 Å². The Morgan fingerprint density at radius 2 is 2.22 bits per heavy atom. The molecule has 0 radical (unpaired) electrons. The Bertz CT molecular complexity index is 412. The van der Waals surface area contributed by atoms with Crippen molar-refractivity contribution in [1.29, 1.82) is 0 Å². The molecule has 0 saturated heterocycles. The number of benzene rings is 1. The van der Waals surface area contributed by atoms with Crippen molar-refractivity contribution in [2.75, 3.05) is 19.7 Å². The van der Waals surface area contributed by atoms with E-state index in [1.54, 1.807) is 11.0 Å². The fraction of sp³-hybridized carbons (Fsp3) is 0.462. The van der Waals surface area contributed by atoms with Crippen LogP contribution in [0.3, 0.4) is 0 Å². The van der Waals surface area contributed by atoms with Gasteiger partial charge < -0.3 is 10.0 Å². The summed E-state index contributed by atoms with van der Waals surface area (Å²) in [5.74, 6) is 0.0541. The number of likely N-dealkylation sites (N-methyl/N-ethyl adjacent to an activating group) is 1. The Balaban J connectivity index is 2.58. The molecule has 1 N–H and O–H groups in total. The summed E-state index contributed by atoms with van der Waals surface area (Å²) < 4.78 is 0.963. The van der Waals surface area contributed by atoms with Crippen molar-refractivity contribution < 1.29 is 9.90 Å². The van der Waals surface area contributed by atoms with Crippen LogP contribution in [0.15, 0.2) is 22.7 Å². The first-order valence-electron chi connectivity index (χ1n) is 5.91. The molecule has 18 heavy (non-hydrogen) atoms. The summed E-state index contributed by atoms with van der Waals surface area (Å²) in [6.07, 6.45) is 1.06. The number of hydrogen-bond donors (Lipinski definition) is 1. The Hall–Kier alpha value is -0.580.